The highest BCUT2D eigenvalue weighted by Gasteiger charge is 1.97. The van der Waals surface area contributed by atoms with Crippen molar-refractivity contribution in [2.24, 2.45) is 4.99 Å². The van der Waals surface area contributed by atoms with Crippen LogP contribution < -0.4 is 0 Å². The fraction of sp³-hybridized carbons (Fsp3) is 0.700. The molecule has 0 fully saturated rings. The van der Waals surface area contributed by atoms with Gasteiger partial charge in [0.15, 0.2) is 0 Å². The smallest absolute Gasteiger partial charge is 0.0342 e. The van der Waals surface area contributed by atoms with E-state index in [1.54, 1.807) is 0 Å². The molecule has 0 heterocycles. The van der Waals surface area contributed by atoms with Crippen LogP contribution in [0.25, 0.3) is 0 Å². The Morgan fingerprint density at radius 1 is 1.18 bits per heavy atom. The molecule has 0 amide bonds. The predicted molar refractivity (Wildman–Crippen MR) is 52.3 cm³/mol. The van der Waals surface area contributed by atoms with Crippen LogP contribution in [0, 0.1) is 0 Å². The number of hydrogen-bond acceptors (Lipinski definition) is 1. The van der Waals surface area contributed by atoms with Crippen LogP contribution in [-0.4, -0.2) is 12.8 Å². The molecule has 0 spiro atoms. The highest BCUT2D eigenvalue weighted by Crippen LogP contribution is 2.11. The molecule has 0 aromatic carbocycles. The third-order valence-electron chi connectivity index (χ3n) is 2.14. The van der Waals surface area contributed by atoms with Crippen LogP contribution in [0.2, 0.25) is 0 Å². The molecule has 1 heteroatoms. The number of aliphatic imine (C=N–C) groups is 1. The molecule has 0 N–H and O–H groups in total. The van der Waals surface area contributed by atoms with E-state index in [9.17, 15) is 0 Å². The molecule has 0 bridgehead atoms. The molecule has 0 aliphatic rings. The van der Waals surface area contributed by atoms with Gasteiger partial charge in [0.05, 0.1) is 0 Å². The van der Waals surface area contributed by atoms with Gasteiger partial charge >= 0.3 is 0 Å². The normalized spacial score (nSPS) is 14.8. The lowest BCUT2D eigenvalue weighted by Gasteiger charge is -2.05. The van der Waals surface area contributed by atoms with Crippen molar-refractivity contribution < 1.29 is 0 Å². The monoisotopic (exact) mass is 153 g/mol. The first-order valence-corrected chi connectivity index (χ1v) is 4.23. The topological polar surface area (TPSA) is 12.4 Å². The van der Waals surface area contributed by atoms with Gasteiger partial charge in [0.2, 0.25) is 0 Å². The summed E-state index contributed by atoms with van der Waals surface area (Å²) in [6, 6.07) is 0. The summed E-state index contributed by atoms with van der Waals surface area (Å²) >= 11 is 0. The third kappa shape index (κ3) is 3.35. The minimum atomic E-state index is 1.16. The van der Waals surface area contributed by atoms with E-state index in [0.717, 1.165) is 5.71 Å². The number of allylic oxidation sites excluding steroid dienone is 2. The van der Waals surface area contributed by atoms with Crippen molar-refractivity contribution in [1.29, 1.82) is 0 Å². The number of rotatable bonds is 3. The zero-order chi connectivity index (χ0) is 8.85. The molecule has 0 unspecified atom stereocenters. The highest BCUT2D eigenvalue weighted by molar-refractivity contribution is 5.98. The molecule has 11 heavy (non-hydrogen) atoms. The van der Waals surface area contributed by atoms with Crippen LogP contribution >= 0.6 is 0 Å². The molecular formula is C10H19N. The summed E-state index contributed by atoms with van der Waals surface area (Å²) in [5.74, 6) is 0. The van der Waals surface area contributed by atoms with Crippen LogP contribution in [0.15, 0.2) is 16.1 Å². The second-order valence-electron chi connectivity index (χ2n) is 2.96. The zero-order valence-corrected chi connectivity index (χ0v) is 8.36. The van der Waals surface area contributed by atoms with Gasteiger partial charge in [-0.25, -0.2) is 0 Å². The Kier molecular flexibility index (Phi) is 4.84. The van der Waals surface area contributed by atoms with E-state index in [2.05, 4.69) is 32.7 Å². The van der Waals surface area contributed by atoms with E-state index in [1.807, 2.05) is 7.05 Å². The molecule has 64 valence electrons. The molecule has 0 radical (unpaired) electrons. The predicted octanol–water partition coefficient (Wildman–Crippen LogP) is 3.21. The lowest BCUT2D eigenvalue weighted by Crippen LogP contribution is -1.96. The summed E-state index contributed by atoms with van der Waals surface area (Å²) in [5, 5.41) is 0. The van der Waals surface area contributed by atoms with Crippen LogP contribution in [0.5, 0.6) is 0 Å². The van der Waals surface area contributed by atoms with Crippen LogP contribution in [0.1, 0.15) is 40.5 Å². The average molecular weight is 153 g/mol. The van der Waals surface area contributed by atoms with E-state index >= 15 is 0 Å². The summed E-state index contributed by atoms with van der Waals surface area (Å²) < 4.78 is 0. The van der Waals surface area contributed by atoms with E-state index in [4.69, 9.17) is 0 Å². The Bertz CT molecular complexity index is 175. The van der Waals surface area contributed by atoms with Gasteiger partial charge in [-0.15, -0.1) is 0 Å². The maximum atomic E-state index is 4.15. The number of nitrogens with zero attached hydrogens (tertiary/aromatic N) is 1. The van der Waals surface area contributed by atoms with Crippen molar-refractivity contribution in [3.8, 4) is 0 Å². The third-order valence-corrected chi connectivity index (χ3v) is 2.14. The van der Waals surface area contributed by atoms with E-state index < -0.39 is 0 Å². The fourth-order valence-corrected chi connectivity index (χ4v) is 1.04. The first kappa shape index (κ1) is 10.4. The van der Waals surface area contributed by atoms with Gasteiger partial charge in [0.1, 0.15) is 0 Å². The largest absolute Gasteiger partial charge is 0.293 e. The van der Waals surface area contributed by atoms with Gasteiger partial charge in [0, 0.05) is 12.8 Å². The van der Waals surface area contributed by atoms with Gasteiger partial charge in [-0.3, -0.25) is 4.99 Å². The molecular weight excluding hydrogens is 134 g/mol. The summed E-state index contributed by atoms with van der Waals surface area (Å²) in [6.45, 7) is 8.60. The summed E-state index contributed by atoms with van der Waals surface area (Å²) in [4.78, 5) is 4.15. The lowest BCUT2D eigenvalue weighted by molar-refractivity contribution is 0.897. The Hall–Kier alpha value is -0.590. The molecule has 1 nitrogen and oxygen atoms in total. The SMILES string of the molecule is CCC/C(C)=C(/C)C(C)=NC. The van der Waals surface area contributed by atoms with Gasteiger partial charge < -0.3 is 0 Å². The van der Waals surface area contributed by atoms with Crippen molar-refractivity contribution in [2.75, 3.05) is 7.05 Å². The lowest BCUT2D eigenvalue weighted by atomic mass is 10.0. The summed E-state index contributed by atoms with van der Waals surface area (Å²) in [7, 11) is 1.85. The van der Waals surface area contributed by atoms with E-state index in [0.29, 0.717) is 0 Å². The van der Waals surface area contributed by atoms with Gasteiger partial charge in [0.25, 0.3) is 0 Å². The molecule has 0 rings (SSSR count). The molecule has 0 saturated heterocycles. The minimum Gasteiger partial charge on any atom is -0.293 e. The molecule has 0 aromatic heterocycles. The first-order chi connectivity index (χ1) is 5.13. The summed E-state index contributed by atoms with van der Waals surface area (Å²) in [5.41, 5.74) is 3.99. The minimum absolute atomic E-state index is 1.16. The Balaban J connectivity index is 4.39. The molecule has 0 saturated carbocycles. The zero-order valence-electron chi connectivity index (χ0n) is 8.36. The van der Waals surface area contributed by atoms with Gasteiger partial charge in [-0.1, -0.05) is 18.9 Å². The van der Waals surface area contributed by atoms with Gasteiger partial charge in [-0.2, -0.15) is 0 Å². The van der Waals surface area contributed by atoms with Crippen molar-refractivity contribution in [1.82, 2.24) is 0 Å². The van der Waals surface area contributed by atoms with E-state index in [1.165, 1.54) is 24.0 Å². The maximum Gasteiger partial charge on any atom is 0.0342 e. The Morgan fingerprint density at radius 2 is 1.73 bits per heavy atom. The van der Waals surface area contributed by atoms with Crippen molar-refractivity contribution in [3.63, 3.8) is 0 Å². The van der Waals surface area contributed by atoms with Crippen molar-refractivity contribution >= 4 is 5.71 Å². The van der Waals surface area contributed by atoms with Crippen LogP contribution in [0.3, 0.4) is 0 Å². The standard InChI is InChI=1S/C10H19N/c1-6-7-8(2)9(3)10(4)11-5/h6-7H2,1-5H3/b9-8-,11-10?. The van der Waals surface area contributed by atoms with E-state index in [-0.39, 0.29) is 0 Å². The second-order valence-corrected chi connectivity index (χ2v) is 2.96. The van der Waals surface area contributed by atoms with Crippen LogP contribution in [-0.2, 0) is 0 Å². The van der Waals surface area contributed by atoms with Crippen LogP contribution in [0.4, 0.5) is 0 Å². The van der Waals surface area contributed by atoms with Gasteiger partial charge in [-0.05, 0) is 32.8 Å². The summed E-state index contributed by atoms with van der Waals surface area (Å²) in [6.07, 6.45) is 2.42. The molecule has 0 aromatic rings. The molecule has 0 aliphatic carbocycles. The highest BCUT2D eigenvalue weighted by atomic mass is 14.7. The van der Waals surface area contributed by atoms with Crippen molar-refractivity contribution in [2.45, 2.75) is 40.5 Å². The number of hydrogen-bond donors (Lipinski definition) is 0. The second kappa shape index (κ2) is 5.11. The Labute approximate surface area is 70.2 Å². The fourth-order valence-electron chi connectivity index (χ4n) is 1.04. The first-order valence-electron chi connectivity index (χ1n) is 4.23. The van der Waals surface area contributed by atoms with Crippen molar-refractivity contribution in [3.05, 3.63) is 11.1 Å². The Morgan fingerprint density at radius 3 is 2.09 bits per heavy atom. The quantitative estimate of drug-likeness (QED) is 0.552. The molecule has 0 atom stereocenters. The maximum absolute atomic E-state index is 4.15. The molecule has 0 aliphatic heterocycles. The average Bonchev–Trinajstić information content (AvgIpc) is 2.02.